The number of primary amides is 1. The number of benzene rings is 1. The van der Waals surface area contributed by atoms with Crippen molar-refractivity contribution in [2.75, 3.05) is 0 Å². The monoisotopic (exact) mass is 346 g/mol. The Kier molecular flexibility index (Phi) is 4.97. The zero-order valence-corrected chi connectivity index (χ0v) is 12.5. The third kappa shape index (κ3) is 3.92. The van der Waals surface area contributed by atoms with Crippen LogP contribution < -0.4 is 5.73 Å². The Morgan fingerprint density at radius 2 is 1.91 bits per heavy atom. The number of rotatable bonds is 4. The van der Waals surface area contributed by atoms with Crippen LogP contribution in [0.25, 0.3) is 0 Å². The largest absolute Gasteiger partial charge is 0.417 e. The lowest BCUT2D eigenvalue weighted by Gasteiger charge is -2.14. The fourth-order valence-electron chi connectivity index (χ4n) is 1.70. The maximum Gasteiger partial charge on any atom is 0.417 e. The SMILES string of the molecule is NC(=O)[C@@H](Sc1ncc(C(F)(F)F)cc1Cl)c1ccccc1. The highest BCUT2D eigenvalue weighted by molar-refractivity contribution is 8.00. The minimum atomic E-state index is -4.53. The van der Waals surface area contributed by atoms with E-state index in [0.29, 0.717) is 11.8 Å². The Balaban J connectivity index is 2.30. The van der Waals surface area contributed by atoms with Gasteiger partial charge < -0.3 is 5.73 Å². The van der Waals surface area contributed by atoms with E-state index in [1.807, 2.05) is 0 Å². The maximum atomic E-state index is 12.6. The Morgan fingerprint density at radius 3 is 2.41 bits per heavy atom. The van der Waals surface area contributed by atoms with Gasteiger partial charge in [-0.05, 0) is 11.6 Å². The van der Waals surface area contributed by atoms with Crippen molar-refractivity contribution in [3.63, 3.8) is 0 Å². The second-order valence-corrected chi connectivity index (χ2v) is 5.82. The van der Waals surface area contributed by atoms with E-state index in [2.05, 4.69) is 4.98 Å². The highest BCUT2D eigenvalue weighted by atomic mass is 35.5. The number of pyridine rings is 1. The van der Waals surface area contributed by atoms with Gasteiger partial charge in [-0.15, -0.1) is 0 Å². The van der Waals surface area contributed by atoms with Crippen LogP contribution in [-0.2, 0) is 11.0 Å². The number of halogens is 4. The van der Waals surface area contributed by atoms with Crippen LogP contribution in [0.15, 0.2) is 47.6 Å². The topological polar surface area (TPSA) is 56.0 Å². The number of hydrogen-bond donors (Lipinski definition) is 1. The fourth-order valence-corrected chi connectivity index (χ4v) is 2.91. The molecule has 22 heavy (non-hydrogen) atoms. The average molecular weight is 347 g/mol. The van der Waals surface area contributed by atoms with Crippen molar-refractivity contribution in [3.8, 4) is 0 Å². The minimum Gasteiger partial charge on any atom is -0.368 e. The molecule has 0 radical (unpaired) electrons. The molecule has 1 atom stereocenters. The Morgan fingerprint density at radius 1 is 1.27 bits per heavy atom. The van der Waals surface area contributed by atoms with E-state index in [9.17, 15) is 18.0 Å². The first-order valence-electron chi connectivity index (χ1n) is 6.02. The molecule has 0 unspecified atom stereocenters. The van der Waals surface area contributed by atoms with E-state index in [-0.39, 0.29) is 10.0 Å². The number of nitrogens with zero attached hydrogens (tertiary/aromatic N) is 1. The fraction of sp³-hybridized carbons (Fsp3) is 0.143. The molecule has 3 nitrogen and oxygen atoms in total. The van der Waals surface area contributed by atoms with Crippen molar-refractivity contribution in [1.29, 1.82) is 0 Å². The number of hydrogen-bond acceptors (Lipinski definition) is 3. The van der Waals surface area contributed by atoms with E-state index in [4.69, 9.17) is 17.3 Å². The summed E-state index contributed by atoms with van der Waals surface area (Å²) in [6.07, 6.45) is -3.85. The number of aromatic nitrogens is 1. The summed E-state index contributed by atoms with van der Waals surface area (Å²) in [5, 5.41) is -0.854. The molecule has 116 valence electrons. The summed E-state index contributed by atoms with van der Waals surface area (Å²) in [6.45, 7) is 0. The van der Waals surface area contributed by atoms with E-state index in [1.165, 1.54) is 0 Å². The molecule has 0 fully saturated rings. The molecular weight excluding hydrogens is 337 g/mol. The molecule has 0 aliphatic heterocycles. The van der Waals surface area contributed by atoms with Gasteiger partial charge in [0, 0.05) is 6.20 Å². The first kappa shape index (κ1) is 16.6. The molecule has 1 heterocycles. The molecular formula is C14H10ClF3N2OS. The van der Waals surface area contributed by atoms with E-state index in [0.717, 1.165) is 17.8 Å². The van der Waals surface area contributed by atoms with E-state index in [1.54, 1.807) is 30.3 Å². The van der Waals surface area contributed by atoms with Crippen molar-refractivity contribution in [2.45, 2.75) is 16.5 Å². The Hall–Kier alpha value is -1.73. The predicted octanol–water partition coefficient (Wildman–Crippen LogP) is 4.07. The molecule has 8 heteroatoms. The number of carbonyl (C=O) groups is 1. The van der Waals surface area contributed by atoms with Crippen LogP contribution in [0.4, 0.5) is 13.2 Å². The standard InChI is InChI=1S/C14H10ClF3N2OS/c15-10-6-9(14(16,17)18)7-20-13(10)22-11(12(19)21)8-4-2-1-3-5-8/h1-7,11H,(H2,19,21)/t11-/m0/s1. The first-order chi connectivity index (χ1) is 10.3. The highest BCUT2D eigenvalue weighted by Gasteiger charge is 2.32. The summed E-state index contributed by atoms with van der Waals surface area (Å²) in [5.74, 6) is -0.631. The number of carbonyl (C=O) groups excluding carboxylic acids is 1. The number of thioether (sulfide) groups is 1. The third-order valence-electron chi connectivity index (χ3n) is 2.72. The second kappa shape index (κ2) is 6.58. The van der Waals surface area contributed by atoms with Gasteiger partial charge in [0.25, 0.3) is 0 Å². The lowest BCUT2D eigenvalue weighted by atomic mass is 10.1. The van der Waals surface area contributed by atoms with Crippen molar-refractivity contribution in [3.05, 3.63) is 58.7 Å². The van der Waals surface area contributed by atoms with E-state index >= 15 is 0 Å². The summed E-state index contributed by atoms with van der Waals surface area (Å²) in [7, 11) is 0. The smallest absolute Gasteiger partial charge is 0.368 e. The lowest BCUT2D eigenvalue weighted by Crippen LogP contribution is -2.19. The molecule has 0 aliphatic rings. The van der Waals surface area contributed by atoms with Crippen LogP contribution in [0.5, 0.6) is 0 Å². The quantitative estimate of drug-likeness (QED) is 0.849. The van der Waals surface area contributed by atoms with Crippen LogP contribution in [-0.4, -0.2) is 10.9 Å². The maximum absolute atomic E-state index is 12.6. The highest BCUT2D eigenvalue weighted by Crippen LogP contribution is 2.39. The first-order valence-corrected chi connectivity index (χ1v) is 7.28. The lowest BCUT2D eigenvalue weighted by molar-refractivity contribution is -0.137. The van der Waals surface area contributed by atoms with E-state index < -0.39 is 22.9 Å². The second-order valence-electron chi connectivity index (χ2n) is 4.32. The number of nitrogens with two attached hydrogens (primary N) is 1. The summed E-state index contributed by atoms with van der Waals surface area (Å²) in [5.41, 5.74) is 5.03. The molecule has 0 saturated carbocycles. The van der Waals surface area contributed by atoms with Crippen molar-refractivity contribution in [2.24, 2.45) is 5.73 Å². The van der Waals surface area contributed by atoms with Gasteiger partial charge in [-0.25, -0.2) is 4.98 Å². The molecule has 2 aromatic rings. The normalized spacial score (nSPS) is 12.9. The summed E-state index contributed by atoms with van der Waals surface area (Å²) >= 11 is 6.75. The van der Waals surface area contributed by atoms with Gasteiger partial charge in [0.1, 0.15) is 10.3 Å². The zero-order chi connectivity index (χ0) is 16.3. The number of alkyl halides is 3. The summed E-state index contributed by atoms with van der Waals surface area (Å²) in [6, 6.07) is 9.40. The van der Waals surface area contributed by atoms with Gasteiger partial charge in [0.15, 0.2) is 0 Å². The van der Waals surface area contributed by atoms with Crippen LogP contribution >= 0.6 is 23.4 Å². The molecule has 1 aromatic heterocycles. The van der Waals surface area contributed by atoms with Crippen LogP contribution in [0.1, 0.15) is 16.4 Å². The number of amides is 1. The summed E-state index contributed by atoms with van der Waals surface area (Å²) < 4.78 is 37.7. The third-order valence-corrected chi connectivity index (χ3v) is 4.41. The van der Waals surface area contributed by atoms with Crippen molar-refractivity contribution >= 4 is 29.3 Å². The Bertz CT molecular complexity index is 680. The van der Waals surface area contributed by atoms with Gasteiger partial charge in [-0.1, -0.05) is 53.7 Å². The van der Waals surface area contributed by atoms with Gasteiger partial charge in [-0.2, -0.15) is 13.2 Å². The van der Waals surface area contributed by atoms with Gasteiger partial charge in [-0.3, -0.25) is 4.79 Å². The molecule has 1 amide bonds. The van der Waals surface area contributed by atoms with Gasteiger partial charge in [0.05, 0.1) is 10.6 Å². The zero-order valence-electron chi connectivity index (χ0n) is 11.0. The molecule has 0 spiro atoms. The predicted molar refractivity (Wildman–Crippen MR) is 78.5 cm³/mol. The van der Waals surface area contributed by atoms with Crippen molar-refractivity contribution in [1.82, 2.24) is 4.98 Å². The van der Waals surface area contributed by atoms with Crippen molar-refractivity contribution < 1.29 is 18.0 Å². The molecule has 1 aromatic carbocycles. The Labute approximate surface area is 133 Å². The summed E-state index contributed by atoms with van der Waals surface area (Å²) in [4.78, 5) is 15.3. The molecule has 2 rings (SSSR count). The van der Waals surface area contributed by atoms with Crippen LogP contribution in [0.2, 0.25) is 5.02 Å². The molecule has 0 bridgehead atoms. The van der Waals surface area contributed by atoms with Crippen LogP contribution in [0.3, 0.4) is 0 Å². The molecule has 0 saturated heterocycles. The minimum absolute atomic E-state index is 0.113. The van der Waals surface area contributed by atoms with Crippen LogP contribution in [0, 0.1) is 0 Å². The molecule has 0 aliphatic carbocycles. The van der Waals surface area contributed by atoms with Gasteiger partial charge >= 0.3 is 6.18 Å². The van der Waals surface area contributed by atoms with Gasteiger partial charge in [0.2, 0.25) is 5.91 Å². The average Bonchev–Trinajstić information content (AvgIpc) is 2.45. The molecule has 2 N–H and O–H groups in total.